The minimum absolute atomic E-state index is 0.0175. The topological polar surface area (TPSA) is 70.6 Å². The Balaban J connectivity index is 3.78. The standard InChI is InChI=1S/C5H7N3O2/c1-4(7-3-9)8-5(10)6-2/h3H,1-2H2,(H2,6,7,8,9,10). The summed E-state index contributed by atoms with van der Waals surface area (Å²) in [5.41, 5.74) is 0. The summed E-state index contributed by atoms with van der Waals surface area (Å²) in [5, 5.41) is 4.14. The first-order chi connectivity index (χ1) is 4.70. The van der Waals surface area contributed by atoms with E-state index < -0.39 is 6.03 Å². The van der Waals surface area contributed by atoms with Crippen LogP contribution >= 0.6 is 0 Å². The molecule has 2 N–H and O–H groups in total. The van der Waals surface area contributed by atoms with Crippen LogP contribution in [0.25, 0.3) is 0 Å². The van der Waals surface area contributed by atoms with E-state index >= 15 is 0 Å². The van der Waals surface area contributed by atoms with Crippen LogP contribution in [0.5, 0.6) is 0 Å². The summed E-state index contributed by atoms with van der Waals surface area (Å²) in [6.45, 7) is 3.23. The van der Waals surface area contributed by atoms with Crippen LogP contribution in [0.1, 0.15) is 0 Å². The Labute approximate surface area is 58.5 Å². The molecule has 0 aromatic carbocycles. The molecular formula is C5H7N3O2. The van der Waals surface area contributed by atoms with Gasteiger partial charge in [0.1, 0.15) is 5.84 Å². The van der Waals surface area contributed by atoms with Crippen LogP contribution in [0.4, 0.5) is 4.79 Å². The van der Waals surface area contributed by atoms with Crippen molar-refractivity contribution in [2.45, 2.75) is 0 Å². The fraction of sp³-hybridized carbons (Fsp3) is 0. The molecule has 0 bridgehead atoms. The summed E-state index contributed by atoms with van der Waals surface area (Å²) in [6, 6.07) is -0.560. The lowest BCUT2D eigenvalue weighted by Crippen LogP contribution is -2.35. The van der Waals surface area contributed by atoms with Crippen LogP contribution in [0.2, 0.25) is 0 Å². The molecule has 2 radical (unpaired) electrons. The number of rotatable bonds is 1. The summed E-state index contributed by atoms with van der Waals surface area (Å²) in [6.07, 6.45) is 0.283. The monoisotopic (exact) mass is 141 g/mol. The second-order valence-corrected chi connectivity index (χ2v) is 1.31. The van der Waals surface area contributed by atoms with Gasteiger partial charge in [0.15, 0.2) is 0 Å². The molecule has 0 aromatic rings. The molecule has 0 aromatic heterocycles. The second-order valence-electron chi connectivity index (χ2n) is 1.31. The van der Waals surface area contributed by atoms with Crippen LogP contribution in [-0.4, -0.2) is 18.3 Å². The van der Waals surface area contributed by atoms with Gasteiger partial charge >= 0.3 is 6.03 Å². The van der Waals surface area contributed by atoms with Gasteiger partial charge in [-0.15, -0.1) is 0 Å². The maximum atomic E-state index is 10.4. The number of nitrogens with one attached hydrogen (secondary N) is 2. The summed E-state index contributed by atoms with van der Waals surface area (Å²) in [4.78, 5) is 23.2. The van der Waals surface area contributed by atoms with E-state index in [-0.39, 0.29) is 12.2 Å². The number of amidine groups is 1. The Morgan fingerprint density at radius 1 is 1.60 bits per heavy atom. The van der Waals surface area contributed by atoms with Crippen LogP contribution < -0.4 is 10.6 Å². The average molecular weight is 141 g/mol. The van der Waals surface area contributed by atoms with Gasteiger partial charge in [0.25, 0.3) is 0 Å². The maximum absolute atomic E-state index is 10.4. The summed E-state index contributed by atoms with van der Waals surface area (Å²) in [5.74, 6) is -0.0175. The lowest BCUT2D eigenvalue weighted by molar-refractivity contribution is -0.106. The van der Waals surface area contributed by atoms with E-state index in [4.69, 9.17) is 0 Å². The van der Waals surface area contributed by atoms with Gasteiger partial charge in [0, 0.05) is 14.0 Å². The van der Waals surface area contributed by atoms with Gasteiger partial charge in [-0.25, -0.2) is 9.79 Å². The largest absolute Gasteiger partial charge is 0.336 e. The van der Waals surface area contributed by atoms with Crippen molar-refractivity contribution in [2.75, 3.05) is 0 Å². The van der Waals surface area contributed by atoms with Crippen molar-refractivity contribution in [3.05, 3.63) is 14.0 Å². The predicted molar refractivity (Wildman–Crippen MR) is 35.9 cm³/mol. The lowest BCUT2D eigenvalue weighted by atomic mass is 10.6. The first-order valence-electron chi connectivity index (χ1n) is 2.38. The summed E-state index contributed by atoms with van der Waals surface area (Å²) in [7, 11) is 3.07. The molecule has 0 unspecified atom stereocenters. The van der Waals surface area contributed by atoms with Gasteiger partial charge in [-0.1, -0.05) is 0 Å². The first-order valence-corrected chi connectivity index (χ1v) is 2.38. The number of amides is 3. The van der Waals surface area contributed by atoms with Crippen LogP contribution in [0.3, 0.4) is 0 Å². The minimum Gasteiger partial charge on any atom is -0.336 e. The van der Waals surface area contributed by atoms with E-state index in [2.05, 4.69) is 24.3 Å². The van der Waals surface area contributed by atoms with Crippen molar-refractivity contribution < 1.29 is 9.59 Å². The zero-order chi connectivity index (χ0) is 7.98. The fourth-order valence-electron chi connectivity index (χ4n) is 0.271. The number of carbonyl (C=O) groups excluding carboxylic acids is 2. The van der Waals surface area contributed by atoms with Crippen molar-refractivity contribution in [2.24, 2.45) is 4.99 Å². The van der Waals surface area contributed by atoms with Crippen molar-refractivity contribution in [3.8, 4) is 0 Å². The molecule has 5 heteroatoms. The smallest absolute Gasteiger partial charge is 0.320 e. The zero-order valence-electron chi connectivity index (χ0n) is 5.26. The third kappa shape index (κ3) is 3.59. The van der Waals surface area contributed by atoms with Gasteiger partial charge < -0.3 is 5.32 Å². The zero-order valence-corrected chi connectivity index (χ0v) is 5.26. The summed E-state index contributed by atoms with van der Waals surface area (Å²) < 4.78 is 0. The maximum Gasteiger partial charge on any atom is 0.320 e. The predicted octanol–water partition coefficient (Wildman–Crippen LogP) is -0.534. The Morgan fingerprint density at radius 3 is 2.60 bits per heavy atom. The molecule has 10 heavy (non-hydrogen) atoms. The molecule has 0 aliphatic rings. The number of hydrogen-bond donors (Lipinski definition) is 2. The third-order valence-corrected chi connectivity index (χ3v) is 0.627. The molecule has 0 fully saturated rings. The highest BCUT2D eigenvalue weighted by Crippen LogP contribution is 1.67. The number of nitrogens with zero attached hydrogens (tertiary/aromatic N) is 1. The molecule has 0 atom stereocenters. The van der Waals surface area contributed by atoms with Gasteiger partial charge in [-0.05, 0) is 0 Å². The van der Waals surface area contributed by atoms with E-state index in [1.165, 1.54) is 0 Å². The highest BCUT2D eigenvalue weighted by atomic mass is 16.2. The van der Waals surface area contributed by atoms with Gasteiger partial charge in [-0.2, -0.15) is 0 Å². The number of carbonyl (C=O) groups is 2. The van der Waals surface area contributed by atoms with Crippen LogP contribution in [-0.2, 0) is 4.79 Å². The minimum atomic E-state index is -0.560. The lowest BCUT2D eigenvalue weighted by Gasteiger charge is -1.99. The first kappa shape index (κ1) is 8.61. The van der Waals surface area contributed by atoms with E-state index in [9.17, 15) is 9.59 Å². The fourth-order valence-corrected chi connectivity index (χ4v) is 0.271. The average Bonchev–Trinajstić information content (AvgIpc) is 1.88. The Morgan fingerprint density at radius 2 is 2.20 bits per heavy atom. The number of aliphatic imine (C=N–C) groups is 1. The number of hydrogen-bond acceptors (Lipinski definition) is 2. The van der Waals surface area contributed by atoms with Crippen molar-refractivity contribution in [1.29, 1.82) is 0 Å². The summed E-state index contributed by atoms with van der Waals surface area (Å²) >= 11 is 0. The number of urea groups is 1. The molecule has 0 rings (SSSR count). The van der Waals surface area contributed by atoms with E-state index in [1.54, 1.807) is 0 Å². The Hall–Kier alpha value is -1.39. The Kier molecular flexibility index (Phi) is 3.86. The molecule has 0 saturated carbocycles. The SMILES string of the molecule is [CH2]NC(=O)NC([CH2])=NC=O. The molecule has 54 valence electrons. The second kappa shape index (κ2) is 4.49. The highest BCUT2D eigenvalue weighted by Gasteiger charge is 1.95. The molecule has 0 aliphatic heterocycles. The van der Waals surface area contributed by atoms with Crippen molar-refractivity contribution in [3.63, 3.8) is 0 Å². The molecule has 0 heterocycles. The van der Waals surface area contributed by atoms with Gasteiger partial charge in [0.2, 0.25) is 6.41 Å². The molecule has 5 nitrogen and oxygen atoms in total. The Bertz CT molecular complexity index is 164. The van der Waals surface area contributed by atoms with Crippen molar-refractivity contribution >= 4 is 18.3 Å². The molecule has 0 aliphatic carbocycles. The molecule has 0 saturated heterocycles. The van der Waals surface area contributed by atoms with Gasteiger partial charge in [-0.3, -0.25) is 10.1 Å². The van der Waals surface area contributed by atoms with E-state index in [0.29, 0.717) is 0 Å². The third-order valence-electron chi connectivity index (χ3n) is 0.627. The van der Waals surface area contributed by atoms with Crippen LogP contribution in [0, 0.1) is 14.0 Å². The molecule has 3 amide bonds. The van der Waals surface area contributed by atoms with Crippen molar-refractivity contribution in [1.82, 2.24) is 10.6 Å². The molecule has 0 spiro atoms. The quantitative estimate of drug-likeness (QED) is 0.292. The van der Waals surface area contributed by atoms with E-state index in [0.717, 1.165) is 0 Å². The molecular weight excluding hydrogens is 134 g/mol. The van der Waals surface area contributed by atoms with Crippen LogP contribution in [0.15, 0.2) is 4.99 Å². The van der Waals surface area contributed by atoms with E-state index in [1.807, 2.05) is 5.32 Å². The highest BCUT2D eigenvalue weighted by molar-refractivity contribution is 6.02. The normalized spacial score (nSPS) is 10.4. The van der Waals surface area contributed by atoms with Gasteiger partial charge in [0.05, 0.1) is 0 Å².